The van der Waals surface area contributed by atoms with Crippen LogP contribution in [-0.4, -0.2) is 10.9 Å². The molecular formula is C14H17N3OS. The van der Waals surface area contributed by atoms with E-state index in [1.165, 1.54) is 4.88 Å². The zero-order chi connectivity index (χ0) is 14.0. The molecule has 0 spiro atoms. The van der Waals surface area contributed by atoms with E-state index >= 15 is 0 Å². The third-order valence-electron chi connectivity index (χ3n) is 2.88. The van der Waals surface area contributed by atoms with Gasteiger partial charge in [0.2, 0.25) is 5.91 Å². The minimum atomic E-state index is -0.419. The van der Waals surface area contributed by atoms with E-state index < -0.39 is 5.91 Å². The molecule has 19 heavy (non-hydrogen) atoms. The maximum absolute atomic E-state index is 11.2. The molecule has 0 bridgehead atoms. The molecular weight excluding hydrogens is 258 g/mol. The highest BCUT2D eigenvalue weighted by Crippen LogP contribution is 2.25. The Hall–Kier alpha value is -1.88. The van der Waals surface area contributed by atoms with Crippen LogP contribution in [0.25, 0.3) is 0 Å². The molecule has 1 amide bonds. The molecule has 3 N–H and O–H groups in total. The van der Waals surface area contributed by atoms with E-state index in [1.807, 2.05) is 19.1 Å². The standard InChI is InChI=1S/C14H17N3OS/c1-8(13-9(2)19-10(3)17-13)16-12-6-4-5-11(7-12)14(15)18/h4-8,16H,1-3H3,(H2,15,18). The average molecular weight is 275 g/mol. The predicted molar refractivity (Wildman–Crippen MR) is 78.6 cm³/mol. The fourth-order valence-electron chi connectivity index (χ4n) is 2.03. The van der Waals surface area contributed by atoms with Crippen molar-refractivity contribution in [1.82, 2.24) is 4.98 Å². The van der Waals surface area contributed by atoms with Gasteiger partial charge in [-0.25, -0.2) is 4.98 Å². The van der Waals surface area contributed by atoms with E-state index in [4.69, 9.17) is 5.73 Å². The highest BCUT2D eigenvalue weighted by molar-refractivity contribution is 7.11. The summed E-state index contributed by atoms with van der Waals surface area (Å²) in [5, 5.41) is 4.41. The number of anilines is 1. The Kier molecular flexibility index (Phi) is 3.85. The summed E-state index contributed by atoms with van der Waals surface area (Å²) < 4.78 is 0. The van der Waals surface area contributed by atoms with Crippen LogP contribution in [0.1, 0.15) is 38.9 Å². The smallest absolute Gasteiger partial charge is 0.248 e. The Labute approximate surface area is 116 Å². The van der Waals surface area contributed by atoms with Crippen molar-refractivity contribution in [3.8, 4) is 0 Å². The van der Waals surface area contributed by atoms with Crippen LogP contribution in [0.3, 0.4) is 0 Å². The van der Waals surface area contributed by atoms with Crippen LogP contribution in [0.5, 0.6) is 0 Å². The first-order valence-electron chi connectivity index (χ1n) is 6.07. The van der Waals surface area contributed by atoms with Gasteiger partial charge in [-0.05, 0) is 39.0 Å². The lowest BCUT2D eigenvalue weighted by molar-refractivity contribution is 0.100. The number of thiazole rings is 1. The third kappa shape index (κ3) is 3.12. The molecule has 2 rings (SSSR count). The topological polar surface area (TPSA) is 68.0 Å². The number of carbonyl (C=O) groups excluding carboxylic acids is 1. The van der Waals surface area contributed by atoms with Crippen LogP contribution in [0.2, 0.25) is 0 Å². The van der Waals surface area contributed by atoms with E-state index in [2.05, 4.69) is 24.1 Å². The van der Waals surface area contributed by atoms with Crippen molar-refractivity contribution in [2.75, 3.05) is 5.32 Å². The van der Waals surface area contributed by atoms with Gasteiger partial charge < -0.3 is 11.1 Å². The second kappa shape index (κ2) is 5.40. The largest absolute Gasteiger partial charge is 0.377 e. The van der Waals surface area contributed by atoms with Gasteiger partial charge in [-0.1, -0.05) is 6.07 Å². The van der Waals surface area contributed by atoms with E-state index in [0.717, 1.165) is 16.4 Å². The molecule has 0 fully saturated rings. The molecule has 0 saturated carbocycles. The highest BCUT2D eigenvalue weighted by Gasteiger charge is 2.13. The van der Waals surface area contributed by atoms with E-state index in [9.17, 15) is 4.79 Å². The number of benzene rings is 1. The number of hydrogen-bond acceptors (Lipinski definition) is 4. The Morgan fingerprint density at radius 3 is 2.74 bits per heavy atom. The first-order valence-corrected chi connectivity index (χ1v) is 6.89. The molecule has 0 radical (unpaired) electrons. The minimum absolute atomic E-state index is 0.0908. The second-order valence-corrected chi connectivity index (χ2v) is 5.89. The van der Waals surface area contributed by atoms with Crippen LogP contribution < -0.4 is 11.1 Å². The molecule has 0 aliphatic heterocycles. The van der Waals surface area contributed by atoms with Gasteiger partial charge in [0.1, 0.15) is 0 Å². The number of rotatable bonds is 4. The Morgan fingerprint density at radius 2 is 2.16 bits per heavy atom. The van der Waals surface area contributed by atoms with E-state index in [1.54, 1.807) is 23.5 Å². The van der Waals surface area contributed by atoms with Gasteiger partial charge in [-0.15, -0.1) is 11.3 Å². The van der Waals surface area contributed by atoms with Crippen molar-refractivity contribution < 1.29 is 4.79 Å². The number of nitrogens with one attached hydrogen (secondary N) is 1. The summed E-state index contributed by atoms with van der Waals surface area (Å²) in [7, 11) is 0. The number of carbonyl (C=O) groups is 1. The summed E-state index contributed by atoms with van der Waals surface area (Å²) in [5.74, 6) is -0.419. The predicted octanol–water partition coefficient (Wildman–Crippen LogP) is 3.03. The van der Waals surface area contributed by atoms with Crippen LogP contribution >= 0.6 is 11.3 Å². The van der Waals surface area contributed by atoms with Gasteiger partial charge in [0, 0.05) is 16.1 Å². The van der Waals surface area contributed by atoms with Gasteiger partial charge in [0.15, 0.2) is 0 Å². The van der Waals surface area contributed by atoms with Crippen molar-refractivity contribution in [2.45, 2.75) is 26.8 Å². The van der Waals surface area contributed by atoms with Crippen molar-refractivity contribution in [3.05, 3.63) is 45.4 Å². The molecule has 1 atom stereocenters. The normalized spacial score (nSPS) is 12.2. The molecule has 1 aromatic heterocycles. The SMILES string of the molecule is Cc1nc(C(C)Nc2cccc(C(N)=O)c2)c(C)s1. The summed E-state index contributed by atoms with van der Waals surface area (Å²) in [4.78, 5) is 16.9. The second-order valence-electron chi connectivity index (χ2n) is 4.49. The fraction of sp³-hybridized carbons (Fsp3) is 0.286. The van der Waals surface area contributed by atoms with Crippen LogP contribution in [0.15, 0.2) is 24.3 Å². The molecule has 1 heterocycles. The van der Waals surface area contributed by atoms with Crippen molar-refractivity contribution >= 4 is 22.9 Å². The summed E-state index contributed by atoms with van der Waals surface area (Å²) in [6.07, 6.45) is 0. The summed E-state index contributed by atoms with van der Waals surface area (Å²) in [5.41, 5.74) is 7.70. The van der Waals surface area contributed by atoms with Gasteiger partial charge in [0.05, 0.1) is 16.7 Å². The maximum atomic E-state index is 11.2. The van der Waals surface area contributed by atoms with Gasteiger partial charge in [-0.2, -0.15) is 0 Å². The Balaban J connectivity index is 2.19. The number of aryl methyl sites for hydroxylation is 2. The molecule has 1 unspecified atom stereocenters. The van der Waals surface area contributed by atoms with Gasteiger partial charge in [0.25, 0.3) is 0 Å². The quantitative estimate of drug-likeness (QED) is 0.901. The number of aromatic nitrogens is 1. The third-order valence-corrected chi connectivity index (χ3v) is 3.78. The number of amides is 1. The summed E-state index contributed by atoms with van der Waals surface area (Å²) in [6.45, 7) is 6.12. The van der Waals surface area contributed by atoms with E-state index in [-0.39, 0.29) is 6.04 Å². The first-order chi connectivity index (χ1) is 8.97. The lowest BCUT2D eigenvalue weighted by Crippen LogP contribution is -2.12. The highest BCUT2D eigenvalue weighted by atomic mass is 32.1. The summed E-state index contributed by atoms with van der Waals surface area (Å²) >= 11 is 1.69. The Morgan fingerprint density at radius 1 is 1.42 bits per heavy atom. The Bertz CT molecular complexity index is 606. The fourth-order valence-corrected chi connectivity index (χ4v) is 2.94. The summed E-state index contributed by atoms with van der Waals surface area (Å²) in [6, 6.07) is 7.28. The van der Waals surface area contributed by atoms with Crippen molar-refractivity contribution in [3.63, 3.8) is 0 Å². The molecule has 2 aromatic rings. The minimum Gasteiger partial charge on any atom is -0.377 e. The van der Waals surface area contributed by atoms with Crippen molar-refractivity contribution in [2.24, 2.45) is 5.73 Å². The molecule has 5 heteroatoms. The van der Waals surface area contributed by atoms with Crippen LogP contribution in [0.4, 0.5) is 5.69 Å². The molecule has 1 aromatic carbocycles. The molecule has 0 saturated heterocycles. The number of nitrogens with two attached hydrogens (primary N) is 1. The number of primary amides is 1. The average Bonchev–Trinajstić information content (AvgIpc) is 2.69. The maximum Gasteiger partial charge on any atom is 0.248 e. The monoisotopic (exact) mass is 275 g/mol. The number of hydrogen-bond donors (Lipinski definition) is 2. The van der Waals surface area contributed by atoms with Gasteiger partial charge >= 0.3 is 0 Å². The van der Waals surface area contributed by atoms with Crippen LogP contribution in [-0.2, 0) is 0 Å². The number of nitrogens with zero attached hydrogens (tertiary/aromatic N) is 1. The molecule has 4 nitrogen and oxygen atoms in total. The first kappa shape index (κ1) is 13.5. The molecule has 100 valence electrons. The van der Waals surface area contributed by atoms with Crippen molar-refractivity contribution in [1.29, 1.82) is 0 Å². The molecule has 0 aliphatic carbocycles. The zero-order valence-corrected chi connectivity index (χ0v) is 12.0. The molecule has 0 aliphatic rings. The zero-order valence-electron chi connectivity index (χ0n) is 11.2. The lowest BCUT2D eigenvalue weighted by atomic mass is 10.1. The van der Waals surface area contributed by atoms with Crippen LogP contribution in [0, 0.1) is 13.8 Å². The van der Waals surface area contributed by atoms with Gasteiger partial charge in [-0.3, -0.25) is 4.79 Å². The lowest BCUT2D eigenvalue weighted by Gasteiger charge is -2.14. The van der Waals surface area contributed by atoms with E-state index in [0.29, 0.717) is 5.56 Å².